The SMILES string of the molecule is CCn1ccc(C(=O)N2CCCN(C)c3ccccc32)n1. The zero-order valence-electron chi connectivity index (χ0n) is 12.5. The number of para-hydroxylation sites is 2. The van der Waals surface area contributed by atoms with E-state index in [4.69, 9.17) is 0 Å². The fourth-order valence-electron chi connectivity index (χ4n) is 2.72. The van der Waals surface area contributed by atoms with Crippen molar-refractivity contribution in [3.63, 3.8) is 0 Å². The fraction of sp³-hybridized carbons (Fsp3) is 0.375. The first-order valence-corrected chi connectivity index (χ1v) is 7.36. The Bertz CT molecular complexity index is 649. The minimum Gasteiger partial charge on any atom is -0.373 e. The lowest BCUT2D eigenvalue weighted by Gasteiger charge is -2.23. The van der Waals surface area contributed by atoms with Crippen LogP contribution in [0.15, 0.2) is 36.5 Å². The monoisotopic (exact) mass is 284 g/mol. The van der Waals surface area contributed by atoms with Crippen LogP contribution in [0.25, 0.3) is 0 Å². The molecule has 1 aliphatic rings. The number of aromatic nitrogens is 2. The van der Waals surface area contributed by atoms with Crippen LogP contribution in [0.1, 0.15) is 23.8 Å². The van der Waals surface area contributed by atoms with Crippen molar-refractivity contribution in [2.24, 2.45) is 0 Å². The number of nitrogens with zero attached hydrogens (tertiary/aromatic N) is 4. The molecule has 21 heavy (non-hydrogen) atoms. The van der Waals surface area contributed by atoms with Crippen molar-refractivity contribution < 1.29 is 4.79 Å². The van der Waals surface area contributed by atoms with Crippen molar-refractivity contribution in [2.75, 3.05) is 29.9 Å². The van der Waals surface area contributed by atoms with Gasteiger partial charge >= 0.3 is 0 Å². The summed E-state index contributed by atoms with van der Waals surface area (Å²) in [5.74, 6) is -0.0232. The lowest BCUT2D eigenvalue weighted by atomic mass is 10.2. The number of fused-ring (bicyclic) bond motifs is 1. The summed E-state index contributed by atoms with van der Waals surface area (Å²) in [4.78, 5) is 16.8. The van der Waals surface area contributed by atoms with E-state index in [0.29, 0.717) is 5.69 Å². The van der Waals surface area contributed by atoms with E-state index in [1.54, 1.807) is 10.7 Å². The van der Waals surface area contributed by atoms with Crippen LogP contribution < -0.4 is 9.80 Å². The third-order valence-corrected chi connectivity index (χ3v) is 3.89. The van der Waals surface area contributed by atoms with Crippen LogP contribution >= 0.6 is 0 Å². The quantitative estimate of drug-likeness (QED) is 0.850. The smallest absolute Gasteiger partial charge is 0.278 e. The molecule has 0 radical (unpaired) electrons. The maximum Gasteiger partial charge on any atom is 0.278 e. The van der Waals surface area contributed by atoms with E-state index in [1.165, 1.54) is 0 Å². The highest BCUT2D eigenvalue weighted by molar-refractivity contribution is 6.06. The number of rotatable bonds is 2. The van der Waals surface area contributed by atoms with Crippen LogP contribution in [0.4, 0.5) is 11.4 Å². The first-order chi connectivity index (χ1) is 10.2. The third-order valence-electron chi connectivity index (χ3n) is 3.89. The van der Waals surface area contributed by atoms with Crippen molar-refractivity contribution in [3.8, 4) is 0 Å². The van der Waals surface area contributed by atoms with Gasteiger partial charge in [0.25, 0.3) is 5.91 Å². The summed E-state index contributed by atoms with van der Waals surface area (Å²) in [6.45, 7) is 4.45. The van der Waals surface area contributed by atoms with E-state index in [-0.39, 0.29) is 5.91 Å². The van der Waals surface area contributed by atoms with Crippen LogP contribution in [-0.4, -0.2) is 35.8 Å². The predicted octanol–water partition coefficient (Wildman–Crippen LogP) is 2.39. The highest BCUT2D eigenvalue weighted by Crippen LogP contribution is 2.31. The number of carbonyl (C=O) groups excluding carboxylic acids is 1. The summed E-state index contributed by atoms with van der Waals surface area (Å²) in [5.41, 5.74) is 2.57. The lowest BCUT2D eigenvalue weighted by Crippen LogP contribution is -2.32. The normalized spacial score (nSPS) is 14.8. The van der Waals surface area contributed by atoms with Gasteiger partial charge in [0.1, 0.15) is 0 Å². The maximum atomic E-state index is 12.8. The Hall–Kier alpha value is -2.30. The van der Waals surface area contributed by atoms with Gasteiger partial charge in [-0.1, -0.05) is 12.1 Å². The van der Waals surface area contributed by atoms with Crippen LogP contribution in [0.3, 0.4) is 0 Å². The van der Waals surface area contributed by atoms with Crippen LogP contribution in [0.5, 0.6) is 0 Å². The highest BCUT2D eigenvalue weighted by Gasteiger charge is 2.25. The summed E-state index contributed by atoms with van der Waals surface area (Å²) in [6.07, 6.45) is 2.80. The molecule has 5 nitrogen and oxygen atoms in total. The van der Waals surface area contributed by atoms with Gasteiger partial charge in [-0.25, -0.2) is 0 Å². The highest BCUT2D eigenvalue weighted by atomic mass is 16.2. The molecule has 0 saturated carbocycles. The lowest BCUT2D eigenvalue weighted by molar-refractivity contribution is 0.0981. The zero-order valence-corrected chi connectivity index (χ0v) is 12.5. The summed E-state index contributed by atoms with van der Waals surface area (Å²) < 4.78 is 1.78. The molecule has 5 heteroatoms. The number of amides is 1. The van der Waals surface area contributed by atoms with Crippen molar-refractivity contribution >= 4 is 17.3 Å². The molecule has 0 unspecified atom stereocenters. The molecule has 110 valence electrons. The maximum absolute atomic E-state index is 12.8. The standard InChI is InChI=1S/C16H20N4O/c1-3-19-12-9-13(17-19)16(21)20-11-6-10-18(2)14-7-4-5-8-15(14)20/h4-5,7-9,12H,3,6,10-11H2,1-2H3. The first-order valence-electron chi connectivity index (χ1n) is 7.36. The largest absolute Gasteiger partial charge is 0.373 e. The van der Waals surface area contributed by atoms with E-state index < -0.39 is 0 Å². The number of hydrogen-bond donors (Lipinski definition) is 0. The molecule has 1 amide bonds. The third kappa shape index (κ3) is 2.51. The summed E-state index contributed by atoms with van der Waals surface area (Å²) in [6, 6.07) is 9.85. The summed E-state index contributed by atoms with van der Waals surface area (Å²) in [7, 11) is 2.07. The number of carbonyl (C=O) groups is 1. The Kier molecular flexibility index (Phi) is 3.64. The van der Waals surface area contributed by atoms with Gasteiger partial charge < -0.3 is 9.80 Å². The first kappa shape index (κ1) is 13.7. The molecule has 0 bridgehead atoms. The van der Waals surface area contributed by atoms with E-state index in [1.807, 2.05) is 36.2 Å². The van der Waals surface area contributed by atoms with Gasteiger partial charge in [-0.05, 0) is 31.5 Å². The van der Waals surface area contributed by atoms with Gasteiger partial charge in [-0.3, -0.25) is 9.48 Å². The molecule has 3 rings (SSSR count). The molecule has 1 aliphatic heterocycles. The van der Waals surface area contributed by atoms with Crippen molar-refractivity contribution in [1.29, 1.82) is 0 Å². The van der Waals surface area contributed by atoms with Crippen LogP contribution in [0, 0.1) is 0 Å². The second kappa shape index (κ2) is 5.60. The Balaban J connectivity index is 1.97. The minimum absolute atomic E-state index is 0.0232. The van der Waals surface area contributed by atoms with E-state index in [2.05, 4.69) is 23.1 Å². The molecule has 2 heterocycles. The minimum atomic E-state index is -0.0232. The molecule has 0 fully saturated rings. The van der Waals surface area contributed by atoms with Crippen LogP contribution in [-0.2, 0) is 6.54 Å². The van der Waals surface area contributed by atoms with Gasteiger partial charge in [0.15, 0.2) is 5.69 Å². The molecule has 0 N–H and O–H groups in total. The van der Waals surface area contributed by atoms with E-state index in [0.717, 1.165) is 37.4 Å². The number of hydrogen-bond acceptors (Lipinski definition) is 3. The van der Waals surface area contributed by atoms with E-state index in [9.17, 15) is 4.79 Å². The van der Waals surface area contributed by atoms with Gasteiger partial charge in [-0.2, -0.15) is 5.10 Å². The molecule has 1 aromatic heterocycles. The van der Waals surface area contributed by atoms with Gasteiger partial charge in [0, 0.05) is 32.9 Å². The molecular weight excluding hydrogens is 264 g/mol. The van der Waals surface area contributed by atoms with Crippen LogP contribution in [0.2, 0.25) is 0 Å². The second-order valence-corrected chi connectivity index (χ2v) is 5.28. The Morgan fingerprint density at radius 3 is 2.67 bits per heavy atom. The molecule has 1 aromatic carbocycles. The van der Waals surface area contributed by atoms with Gasteiger partial charge in [0.05, 0.1) is 11.4 Å². The molecular formula is C16H20N4O. The summed E-state index contributed by atoms with van der Waals surface area (Å²) in [5, 5.41) is 4.34. The number of benzene rings is 1. The molecule has 0 spiro atoms. The number of aryl methyl sites for hydroxylation is 1. The number of anilines is 2. The second-order valence-electron chi connectivity index (χ2n) is 5.28. The van der Waals surface area contributed by atoms with Crippen molar-refractivity contribution in [2.45, 2.75) is 19.9 Å². The molecule has 2 aromatic rings. The Morgan fingerprint density at radius 1 is 1.19 bits per heavy atom. The summed E-state index contributed by atoms with van der Waals surface area (Å²) >= 11 is 0. The molecule has 0 aliphatic carbocycles. The molecule has 0 saturated heterocycles. The van der Waals surface area contributed by atoms with E-state index >= 15 is 0 Å². The van der Waals surface area contributed by atoms with Crippen molar-refractivity contribution in [3.05, 3.63) is 42.2 Å². The average molecular weight is 284 g/mol. The molecule has 0 atom stereocenters. The topological polar surface area (TPSA) is 41.4 Å². The van der Waals surface area contributed by atoms with Crippen molar-refractivity contribution in [1.82, 2.24) is 9.78 Å². The Morgan fingerprint density at radius 2 is 1.95 bits per heavy atom. The Labute approximate surface area is 124 Å². The average Bonchev–Trinajstić information content (AvgIpc) is 2.93. The van der Waals surface area contributed by atoms with Gasteiger partial charge in [-0.15, -0.1) is 0 Å². The zero-order chi connectivity index (χ0) is 14.8. The fourth-order valence-corrected chi connectivity index (χ4v) is 2.72. The van der Waals surface area contributed by atoms with Gasteiger partial charge in [0.2, 0.25) is 0 Å². The predicted molar refractivity (Wildman–Crippen MR) is 83.9 cm³/mol.